The van der Waals surface area contributed by atoms with Crippen LogP contribution in [0, 0.1) is 29.5 Å². The first-order chi connectivity index (χ1) is 17.5. The van der Waals surface area contributed by atoms with E-state index in [2.05, 4.69) is 65.9 Å². The highest BCUT2D eigenvalue weighted by Crippen LogP contribution is 2.49. The molecule has 37 heavy (non-hydrogen) atoms. The molecule has 1 aromatic heterocycles. The molecule has 1 fully saturated rings. The van der Waals surface area contributed by atoms with Crippen LogP contribution in [0.25, 0.3) is 5.69 Å². The van der Waals surface area contributed by atoms with Crippen LogP contribution in [0.15, 0.2) is 24.3 Å². The van der Waals surface area contributed by atoms with Gasteiger partial charge in [0, 0.05) is 17.5 Å². The van der Waals surface area contributed by atoms with Crippen LogP contribution >= 0.6 is 0 Å². The smallest absolute Gasteiger partial charge is 0.170 e. The molecule has 2 aromatic rings. The zero-order chi connectivity index (χ0) is 27.8. The van der Waals surface area contributed by atoms with Gasteiger partial charge in [-0.2, -0.15) is 5.10 Å². The fourth-order valence-electron chi connectivity index (χ4n) is 6.61. The minimum atomic E-state index is -0.275. The van der Waals surface area contributed by atoms with E-state index < -0.39 is 0 Å². The molecule has 1 saturated carbocycles. The van der Waals surface area contributed by atoms with E-state index in [9.17, 15) is 9.18 Å². The number of aromatic nitrogens is 2. The number of hydrogen-bond acceptors (Lipinski definition) is 3. The fraction of sp³-hybridized carbons (Fsp3) is 0.688. The molecule has 0 aliphatic heterocycles. The second kappa shape index (κ2) is 13.7. The Kier molecular flexibility index (Phi) is 11.5. The number of halogens is 1. The van der Waals surface area contributed by atoms with E-state index in [4.69, 9.17) is 0 Å². The van der Waals surface area contributed by atoms with Crippen molar-refractivity contribution >= 4 is 6.29 Å². The normalized spacial score (nSPS) is 21.3. The molecule has 4 unspecified atom stereocenters. The van der Waals surface area contributed by atoms with Crippen LogP contribution in [0.5, 0.6) is 0 Å². The van der Waals surface area contributed by atoms with Crippen molar-refractivity contribution in [3.05, 3.63) is 47.0 Å². The summed E-state index contributed by atoms with van der Waals surface area (Å²) in [5.74, 6) is 0.993. The maximum Gasteiger partial charge on any atom is 0.170 e. The van der Waals surface area contributed by atoms with Crippen molar-refractivity contribution in [3.63, 3.8) is 0 Å². The number of benzene rings is 1. The van der Waals surface area contributed by atoms with E-state index >= 15 is 0 Å². The molecule has 1 aliphatic rings. The lowest BCUT2D eigenvalue weighted by Crippen LogP contribution is -2.50. The summed E-state index contributed by atoms with van der Waals surface area (Å²) in [6, 6.07) is 6.89. The first-order valence-electron chi connectivity index (χ1n) is 14.5. The molecule has 0 radical (unpaired) electrons. The van der Waals surface area contributed by atoms with Gasteiger partial charge < -0.3 is 5.32 Å². The lowest BCUT2D eigenvalue weighted by Gasteiger charge is -2.44. The van der Waals surface area contributed by atoms with Gasteiger partial charge in [0.15, 0.2) is 6.29 Å². The quantitative estimate of drug-likeness (QED) is 0.306. The summed E-state index contributed by atoms with van der Waals surface area (Å²) in [4.78, 5) is 11.3. The number of carbonyl (C=O) groups is 1. The lowest BCUT2D eigenvalue weighted by atomic mass is 9.66. The highest BCUT2D eigenvalue weighted by molar-refractivity contribution is 5.75. The van der Waals surface area contributed by atoms with Gasteiger partial charge in [0.1, 0.15) is 11.5 Å². The number of unbranched alkanes of at least 4 members (excludes halogenated alkanes) is 1. The van der Waals surface area contributed by atoms with Crippen molar-refractivity contribution in [2.24, 2.45) is 16.7 Å². The molecular formula is C32H52FN3O. The Hall–Kier alpha value is -2.01. The second-order valence-corrected chi connectivity index (χ2v) is 12.2. The first-order valence-corrected chi connectivity index (χ1v) is 14.5. The molecule has 0 saturated heterocycles. The van der Waals surface area contributed by atoms with Crippen LogP contribution in [0.3, 0.4) is 0 Å². The van der Waals surface area contributed by atoms with E-state index in [1.54, 1.807) is 12.1 Å². The fourth-order valence-corrected chi connectivity index (χ4v) is 6.61. The maximum absolute atomic E-state index is 13.2. The number of rotatable bonds is 11. The topological polar surface area (TPSA) is 46.9 Å². The third-order valence-corrected chi connectivity index (χ3v) is 8.87. The van der Waals surface area contributed by atoms with Crippen molar-refractivity contribution < 1.29 is 9.18 Å². The molecule has 0 spiro atoms. The molecule has 4 atom stereocenters. The van der Waals surface area contributed by atoms with Crippen LogP contribution < -0.4 is 5.32 Å². The van der Waals surface area contributed by atoms with Crippen LogP contribution in [0.1, 0.15) is 127 Å². The monoisotopic (exact) mass is 513 g/mol. The number of nitrogens with zero attached hydrogens (tertiary/aromatic N) is 2. The third-order valence-electron chi connectivity index (χ3n) is 8.87. The predicted octanol–water partition coefficient (Wildman–Crippen LogP) is 8.65. The van der Waals surface area contributed by atoms with Crippen molar-refractivity contribution in [2.45, 2.75) is 119 Å². The first kappa shape index (κ1) is 31.2. The molecule has 1 heterocycles. The van der Waals surface area contributed by atoms with Gasteiger partial charge in [0.2, 0.25) is 0 Å². The van der Waals surface area contributed by atoms with Crippen LogP contribution in [-0.2, 0) is 0 Å². The summed E-state index contributed by atoms with van der Waals surface area (Å²) in [5, 5.41) is 8.03. The highest BCUT2D eigenvalue weighted by atomic mass is 19.1. The highest BCUT2D eigenvalue weighted by Gasteiger charge is 2.45. The number of carbonyl (C=O) groups excluding carboxylic acids is 1. The Balaban J connectivity index is 0.000000281. The van der Waals surface area contributed by atoms with E-state index in [0.29, 0.717) is 28.5 Å². The Morgan fingerprint density at radius 3 is 2.35 bits per heavy atom. The second-order valence-electron chi connectivity index (χ2n) is 12.2. The molecule has 3 rings (SSSR count). The summed E-state index contributed by atoms with van der Waals surface area (Å²) in [6.45, 7) is 18.3. The van der Waals surface area contributed by atoms with Crippen molar-refractivity contribution in [2.75, 3.05) is 7.05 Å². The average molecular weight is 514 g/mol. The van der Waals surface area contributed by atoms with Gasteiger partial charge in [0.05, 0.1) is 11.4 Å². The summed E-state index contributed by atoms with van der Waals surface area (Å²) in [7, 11) is 2.14. The molecule has 5 heteroatoms. The predicted molar refractivity (Wildman–Crippen MR) is 154 cm³/mol. The van der Waals surface area contributed by atoms with Gasteiger partial charge in [-0.1, -0.05) is 67.7 Å². The minimum Gasteiger partial charge on any atom is -0.316 e. The summed E-state index contributed by atoms with van der Waals surface area (Å²) in [6.07, 6.45) is 10.6. The third kappa shape index (κ3) is 7.52. The minimum absolute atomic E-state index is 0.275. The lowest BCUT2D eigenvalue weighted by molar-refractivity contribution is 0.0998. The van der Waals surface area contributed by atoms with E-state index in [1.807, 2.05) is 11.6 Å². The molecule has 1 aromatic carbocycles. The molecule has 208 valence electrons. The molecule has 4 nitrogen and oxygen atoms in total. The van der Waals surface area contributed by atoms with Crippen molar-refractivity contribution in [1.29, 1.82) is 0 Å². The summed E-state index contributed by atoms with van der Waals surface area (Å²) in [5.41, 5.74) is 4.19. The van der Waals surface area contributed by atoms with Gasteiger partial charge in [-0.3, -0.25) is 4.79 Å². The number of hydrogen-bond donors (Lipinski definition) is 1. The van der Waals surface area contributed by atoms with Crippen molar-refractivity contribution in [1.82, 2.24) is 15.1 Å². The average Bonchev–Trinajstić information content (AvgIpc) is 3.39. The Labute approximate surface area is 225 Å². The van der Waals surface area contributed by atoms with Crippen LogP contribution in [-0.4, -0.2) is 29.2 Å². The molecule has 1 aliphatic carbocycles. The number of nitrogens with one attached hydrogen (secondary N) is 1. The van der Waals surface area contributed by atoms with E-state index in [0.717, 1.165) is 54.8 Å². The molecule has 1 N–H and O–H groups in total. The van der Waals surface area contributed by atoms with E-state index in [-0.39, 0.29) is 5.82 Å². The van der Waals surface area contributed by atoms with Gasteiger partial charge in [-0.05, 0) is 87.1 Å². The Morgan fingerprint density at radius 1 is 1.24 bits per heavy atom. The van der Waals surface area contributed by atoms with Crippen LogP contribution in [0.4, 0.5) is 4.39 Å². The standard InChI is InChI=1S/C18H23FN2O.C14H29N/c1-4-6-7-14(5-2)18-13(3)17(12-22)20-21(18)16-10-8-15(19)9-11-16;1-7-13(3,4)12(15-6)14(5)9-8-11(2)10-14/h8-12,14H,4-7H2,1-3H3;11-12,15H,7-10H2,1-6H3. The molecule has 0 bridgehead atoms. The Bertz CT molecular complexity index is 981. The van der Waals surface area contributed by atoms with Crippen molar-refractivity contribution in [3.8, 4) is 5.69 Å². The van der Waals surface area contributed by atoms with Gasteiger partial charge in [0.25, 0.3) is 0 Å². The zero-order valence-corrected chi connectivity index (χ0v) is 25.0. The van der Waals surface area contributed by atoms with Gasteiger partial charge in [-0.25, -0.2) is 9.07 Å². The summed E-state index contributed by atoms with van der Waals surface area (Å²) >= 11 is 0. The summed E-state index contributed by atoms with van der Waals surface area (Å²) < 4.78 is 15.0. The van der Waals surface area contributed by atoms with Gasteiger partial charge in [-0.15, -0.1) is 0 Å². The molecular weight excluding hydrogens is 461 g/mol. The number of aldehydes is 1. The van der Waals surface area contributed by atoms with Crippen LogP contribution in [0.2, 0.25) is 0 Å². The van der Waals surface area contributed by atoms with E-state index in [1.165, 1.54) is 37.8 Å². The maximum atomic E-state index is 13.2. The molecule has 0 amide bonds. The SMILES string of the molecule is CCC(C)(C)C(NC)C1(C)CCC(C)C1.CCCCC(CC)c1c(C)c(C=O)nn1-c1ccc(F)cc1. The largest absolute Gasteiger partial charge is 0.316 e. The Morgan fingerprint density at radius 2 is 1.89 bits per heavy atom. The van der Waals surface area contributed by atoms with Gasteiger partial charge >= 0.3 is 0 Å². The zero-order valence-electron chi connectivity index (χ0n) is 25.0.